The number of hydrogen-bond acceptors (Lipinski definition) is 6. The van der Waals surface area contributed by atoms with Crippen LogP contribution in [-0.2, 0) is 17.7 Å². The smallest absolute Gasteiger partial charge is 0.273 e. The van der Waals surface area contributed by atoms with E-state index < -0.39 is 6.10 Å². The van der Waals surface area contributed by atoms with E-state index in [2.05, 4.69) is 20.6 Å². The number of halogens is 1. The van der Waals surface area contributed by atoms with Crippen LogP contribution in [0.4, 0.5) is 0 Å². The van der Waals surface area contributed by atoms with Crippen molar-refractivity contribution in [3.05, 3.63) is 94.0 Å². The van der Waals surface area contributed by atoms with Gasteiger partial charge in [-0.15, -0.1) is 5.10 Å². The zero-order valence-corrected chi connectivity index (χ0v) is 18.6. The molecule has 0 aliphatic rings. The van der Waals surface area contributed by atoms with E-state index in [1.54, 1.807) is 16.8 Å². The van der Waals surface area contributed by atoms with E-state index in [4.69, 9.17) is 16.3 Å². The fraction of sp³-hybridized carbons (Fsp3) is 0.261. The Labute approximate surface area is 190 Å². The molecule has 164 valence electrons. The van der Waals surface area contributed by atoms with Crippen LogP contribution < -0.4 is 0 Å². The minimum absolute atomic E-state index is 0.134. The van der Waals surface area contributed by atoms with Gasteiger partial charge in [-0.1, -0.05) is 54.1 Å². The molecule has 1 atom stereocenters. The Bertz CT molecular complexity index is 1190. The SMILES string of the molecule is Cc1cc(C)n(C(=O)COC(Cn2nnnc2Cc2ccccc2)c2ccc(Cl)cc2)n1. The zero-order valence-electron chi connectivity index (χ0n) is 17.8. The predicted molar refractivity (Wildman–Crippen MR) is 120 cm³/mol. The highest BCUT2D eigenvalue weighted by molar-refractivity contribution is 6.30. The molecule has 0 spiro atoms. The minimum atomic E-state index is -0.453. The maximum absolute atomic E-state index is 12.7. The van der Waals surface area contributed by atoms with Gasteiger partial charge in [0.2, 0.25) is 0 Å². The Morgan fingerprint density at radius 3 is 2.53 bits per heavy atom. The van der Waals surface area contributed by atoms with Crippen LogP contribution in [0.5, 0.6) is 0 Å². The number of tetrazole rings is 1. The van der Waals surface area contributed by atoms with E-state index in [0.29, 0.717) is 23.8 Å². The molecule has 32 heavy (non-hydrogen) atoms. The van der Waals surface area contributed by atoms with Crippen molar-refractivity contribution in [2.45, 2.75) is 32.9 Å². The van der Waals surface area contributed by atoms with Crippen LogP contribution in [0.15, 0.2) is 60.7 Å². The summed E-state index contributed by atoms with van der Waals surface area (Å²) < 4.78 is 9.13. The number of aryl methyl sites for hydroxylation is 2. The van der Waals surface area contributed by atoms with E-state index in [0.717, 1.165) is 22.5 Å². The van der Waals surface area contributed by atoms with Crippen LogP contribution in [-0.4, -0.2) is 42.5 Å². The Kier molecular flexibility index (Phi) is 6.72. The molecular formula is C23H23ClN6O2. The van der Waals surface area contributed by atoms with E-state index in [1.165, 1.54) is 4.68 Å². The number of ether oxygens (including phenoxy) is 1. The summed E-state index contributed by atoms with van der Waals surface area (Å²) in [7, 11) is 0. The standard InChI is InChI=1S/C23H23ClN6O2/c1-16-12-17(2)30(26-16)23(31)15-32-21(19-8-10-20(24)11-9-19)14-29-22(25-27-28-29)13-18-6-4-3-5-7-18/h3-12,21H,13-15H2,1-2H3. The van der Waals surface area contributed by atoms with Crippen molar-refractivity contribution >= 4 is 17.5 Å². The molecule has 0 aliphatic heterocycles. The van der Waals surface area contributed by atoms with Crippen LogP contribution in [0, 0.1) is 13.8 Å². The zero-order chi connectivity index (χ0) is 22.5. The van der Waals surface area contributed by atoms with E-state index in [1.807, 2.05) is 62.4 Å². The van der Waals surface area contributed by atoms with Gasteiger partial charge >= 0.3 is 0 Å². The molecule has 0 saturated heterocycles. The maximum Gasteiger partial charge on any atom is 0.273 e. The number of nitrogens with zero attached hydrogens (tertiary/aromatic N) is 6. The molecule has 4 rings (SSSR count). The van der Waals surface area contributed by atoms with Crippen molar-refractivity contribution in [3.8, 4) is 0 Å². The molecular weight excluding hydrogens is 428 g/mol. The first-order chi connectivity index (χ1) is 15.5. The highest BCUT2D eigenvalue weighted by Crippen LogP contribution is 2.22. The lowest BCUT2D eigenvalue weighted by atomic mass is 10.1. The number of hydrogen-bond donors (Lipinski definition) is 0. The average molecular weight is 451 g/mol. The summed E-state index contributed by atoms with van der Waals surface area (Å²) in [6, 6.07) is 19.2. The number of aromatic nitrogens is 6. The monoisotopic (exact) mass is 450 g/mol. The summed E-state index contributed by atoms with van der Waals surface area (Å²) >= 11 is 6.06. The summed E-state index contributed by atoms with van der Waals surface area (Å²) in [5.74, 6) is 0.472. The van der Waals surface area contributed by atoms with Crippen molar-refractivity contribution in [2.24, 2.45) is 0 Å². The third-order valence-electron chi connectivity index (χ3n) is 5.05. The summed E-state index contributed by atoms with van der Waals surface area (Å²) in [4.78, 5) is 12.7. The average Bonchev–Trinajstić information content (AvgIpc) is 3.37. The fourth-order valence-corrected chi connectivity index (χ4v) is 3.60. The Morgan fingerprint density at radius 2 is 1.84 bits per heavy atom. The van der Waals surface area contributed by atoms with Gasteiger partial charge in [0.25, 0.3) is 5.91 Å². The largest absolute Gasteiger partial charge is 0.362 e. The summed E-state index contributed by atoms with van der Waals surface area (Å²) in [5.41, 5.74) is 3.53. The Hall–Kier alpha value is -3.36. The van der Waals surface area contributed by atoms with Crippen LogP contribution >= 0.6 is 11.6 Å². The van der Waals surface area contributed by atoms with Gasteiger partial charge in [0.05, 0.1) is 12.2 Å². The van der Waals surface area contributed by atoms with Crippen LogP contribution in [0.25, 0.3) is 0 Å². The normalized spacial score (nSPS) is 12.1. The minimum Gasteiger partial charge on any atom is -0.362 e. The second-order valence-electron chi connectivity index (χ2n) is 7.52. The van der Waals surface area contributed by atoms with Gasteiger partial charge < -0.3 is 4.74 Å². The third kappa shape index (κ3) is 5.27. The quantitative estimate of drug-likeness (QED) is 0.405. The first kappa shape index (κ1) is 21.9. The third-order valence-corrected chi connectivity index (χ3v) is 5.30. The topological polar surface area (TPSA) is 87.7 Å². The molecule has 2 aromatic carbocycles. The van der Waals surface area contributed by atoms with Crippen molar-refractivity contribution < 1.29 is 9.53 Å². The van der Waals surface area contributed by atoms with Gasteiger partial charge in [-0.3, -0.25) is 4.79 Å². The maximum atomic E-state index is 12.7. The fourth-order valence-electron chi connectivity index (χ4n) is 3.47. The lowest BCUT2D eigenvalue weighted by Crippen LogP contribution is -2.24. The van der Waals surface area contributed by atoms with E-state index in [-0.39, 0.29) is 12.5 Å². The lowest BCUT2D eigenvalue weighted by Gasteiger charge is -2.19. The number of carbonyl (C=O) groups is 1. The molecule has 4 aromatic rings. The van der Waals surface area contributed by atoms with Gasteiger partial charge in [0.1, 0.15) is 12.7 Å². The van der Waals surface area contributed by atoms with Gasteiger partial charge in [-0.2, -0.15) is 5.10 Å². The molecule has 1 unspecified atom stereocenters. The lowest BCUT2D eigenvalue weighted by molar-refractivity contribution is 0.0282. The molecule has 0 bridgehead atoms. The molecule has 0 saturated carbocycles. The number of rotatable bonds is 8. The van der Waals surface area contributed by atoms with Crippen LogP contribution in [0.1, 0.15) is 39.2 Å². The molecule has 2 aromatic heterocycles. The Morgan fingerprint density at radius 1 is 1.09 bits per heavy atom. The van der Waals surface area contributed by atoms with Gasteiger partial charge in [-0.25, -0.2) is 9.36 Å². The second-order valence-corrected chi connectivity index (χ2v) is 7.96. The number of carbonyl (C=O) groups excluding carboxylic acids is 1. The first-order valence-corrected chi connectivity index (χ1v) is 10.6. The van der Waals surface area contributed by atoms with Gasteiger partial charge in [0, 0.05) is 17.1 Å². The van der Waals surface area contributed by atoms with Crippen LogP contribution in [0.2, 0.25) is 5.02 Å². The molecule has 8 nitrogen and oxygen atoms in total. The summed E-state index contributed by atoms with van der Waals surface area (Å²) in [6.07, 6.45) is 0.137. The van der Waals surface area contributed by atoms with Crippen molar-refractivity contribution in [1.29, 1.82) is 0 Å². The first-order valence-electron chi connectivity index (χ1n) is 10.2. The van der Waals surface area contributed by atoms with Crippen molar-refractivity contribution in [2.75, 3.05) is 6.61 Å². The predicted octanol–water partition coefficient (Wildman–Crippen LogP) is 3.83. The molecule has 9 heteroatoms. The van der Waals surface area contributed by atoms with Gasteiger partial charge in [0.15, 0.2) is 5.82 Å². The molecule has 0 radical (unpaired) electrons. The van der Waals surface area contributed by atoms with E-state index in [9.17, 15) is 4.79 Å². The molecule has 0 aliphatic carbocycles. The molecule has 0 N–H and O–H groups in total. The summed E-state index contributed by atoms with van der Waals surface area (Å²) in [6.45, 7) is 3.90. The van der Waals surface area contributed by atoms with Gasteiger partial charge in [-0.05, 0) is 53.6 Å². The molecule has 0 amide bonds. The van der Waals surface area contributed by atoms with Crippen molar-refractivity contribution in [3.63, 3.8) is 0 Å². The van der Waals surface area contributed by atoms with Crippen LogP contribution in [0.3, 0.4) is 0 Å². The molecule has 2 heterocycles. The molecule has 0 fully saturated rings. The highest BCUT2D eigenvalue weighted by atomic mass is 35.5. The second kappa shape index (κ2) is 9.84. The number of benzene rings is 2. The van der Waals surface area contributed by atoms with E-state index >= 15 is 0 Å². The Balaban J connectivity index is 1.53. The van der Waals surface area contributed by atoms with Crippen molar-refractivity contribution in [1.82, 2.24) is 30.0 Å². The highest BCUT2D eigenvalue weighted by Gasteiger charge is 2.20. The summed E-state index contributed by atoms with van der Waals surface area (Å²) in [5, 5.41) is 17.0.